The van der Waals surface area contributed by atoms with Gasteiger partial charge in [0, 0.05) is 202 Å². The number of thiazole rings is 1. The molecule has 13 rings (SSSR count). The van der Waals surface area contributed by atoms with Crippen molar-refractivity contribution in [2.75, 3.05) is 229 Å². The number of halogens is 1. The number of piperidine rings is 2. The zero-order valence-corrected chi connectivity index (χ0v) is 60.1. The summed E-state index contributed by atoms with van der Waals surface area (Å²) in [4.78, 5) is 85.3. The van der Waals surface area contributed by atoms with Crippen molar-refractivity contribution >= 4 is 56.9 Å². The molecule has 4 aromatic carbocycles. The number of carbonyl (C=O) groups is 4. The maximum Gasteiger partial charge on any atom is 0.320 e. The van der Waals surface area contributed by atoms with Crippen molar-refractivity contribution < 1.29 is 28.3 Å². The summed E-state index contributed by atoms with van der Waals surface area (Å²) in [5, 5.41) is 4.16. The van der Waals surface area contributed by atoms with E-state index in [2.05, 4.69) is 153 Å². The van der Waals surface area contributed by atoms with Crippen LogP contribution in [-0.4, -0.2) is 323 Å². The van der Waals surface area contributed by atoms with Crippen LogP contribution in [0.25, 0.3) is 16.3 Å². The van der Waals surface area contributed by atoms with Crippen LogP contribution < -0.4 is 15.0 Å². The van der Waals surface area contributed by atoms with E-state index in [1.165, 1.54) is 54.2 Å². The summed E-state index contributed by atoms with van der Waals surface area (Å²) < 4.78 is 20.5. The number of urea groups is 4. The normalized spacial score (nSPS) is 20.4. The lowest BCUT2D eigenvalue weighted by atomic mass is 10.1. The summed E-state index contributed by atoms with van der Waals surface area (Å²) >= 11 is 1.73. The first-order valence-corrected chi connectivity index (χ1v) is 37.2. The van der Waals surface area contributed by atoms with Crippen LogP contribution in [0, 0.1) is 12.7 Å². The van der Waals surface area contributed by atoms with E-state index in [0.717, 1.165) is 220 Å². The van der Waals surface area contributed by atoms with E-state index >= 15 is 0 Å². The van der Waals surface area contributed by atoms with Gasteiger partial charge in [-0.1, -0.05) is 103 Å². The Morgan fingerprint density at radius 2 is 1.04 bits per heavy atom. The van der Waals surface area contributed by atoms with Gasteiger partial charge in [0.15, 0.2) is 5.13 Å². The van der Waals surface area contributed by atoms with Crippen LogP contribution in [0.15, 0.2) is 109 Å². The molecule has 98 heavy (non-hydrogen) atoms. The number of amides is 8. The molecule has 8 saturated heterocycles. The fourth-order valence-corrected chi connectivity index (χ4v) is 14.8. The average Bonchev–Trinajstić information content (AvgIpc) is 1.59. The van der Waals surface area contributed by atoms with Crippen LogP contribution in [0.1, 0.15) is 68.2 Å². The largest absolute Gasteiger partial charge is 0.490 e. The number of ether oxygens (including phenoxy) is 1. The number of likely N-dealkylation sites (N-methyl/N-ethyl adjacent to an activating group) is 3. The Morgan fingerprint density at radius 1 is 0.551 bits per heavy atom. The fourth-order valence-electron chi connectivity index (χ4n) is 13.8. The molecule has 0 saturated carbocycles. The maximum atomic E-state index is 13.3. The number of aryl methyl sites for hydroxylation is 1. The van der Waals surface area contributed by atoms with E-state index in [4.69, 9.17) is 9.72 Å². The van der Waals surface area contributed by atoms with E-state index in [1.807, 2.05) is 46.4 Å². The van der Waals surface area contributed by atoms with Gasteiger partial charge in [-0.2, -0.15) is 0 Å². The highest BCUT2D eigenvalue weighted by atomic mass is 32.1. The first-order chi connectivity index (χ1) is 47.7. The highest BCUT2D eigenvalue weighted by molar-refractivity contribution is 7.22. The molecule has 8 amide bonds. The summed E-state index contributed by atoms with van der Waals surface area (Å²) in [6.45, 7) is 31.9. The van der Waals surface area contributed by atoms with Gasteiger partial charge in [-0.15, -0.1) is 0 Å². The van der Waals surface area contributed by atoms with Crippen molar-refractivity contribution in [1.82, 2.24) is 74.0 Å². The number of nitrogens with zero attached hydrogens (tertiary/aromatic N) is 15. The molecule has 1 aromatic heterocycles. The van der Waals surface area contributed by atoms with Gasteiger partial charge < -0.3 is 68.9 Å². The number of aromatic nitrogens is 1. The minimum absolute atomic E-state index is 0.0811. The minimum Gasteiger partial charge on any atom is -0.490 e. The summed E-state index contributed by atoms with van der Waals surface area (Å²) in [5.41, 5.74) is 4.24. The van der Waals surface area contributed by atoms with Crippen LogP contribution in [-0.2, 0) is 0 Å². The van der Waals surface area contributed by atoms with E-state index in [0.29, 0.717) is 17.4 Å². The number of fused-ring (bicyclic) bond motifs is 1. The van der Waals surface area contributed by atoms with E-state index in [9.17, 15) is 23.6 Å². The number of piperazine rings is 6. The minimum atomic E-state index is -0.213. The van der Waals surface area contributed by atoms with Crippen molar-refractivity contribution in [3.05, 3.63) is 132 Å². The standard InChI is InChI=1S/C20H29N5OS.C19H28N4O.C18H26FN3O2.C18H28N4O/c26-19(21-9-6-12-23-10-4-1-5-11-23)24-13-15-25(16-14-24)20-22-17-7-2-3-8-18(17)27-20;1-20-10-14-22(15-11-20)19(24)23-16-12-21(13-17-23)9-5-8-18-6-3-2-4-7-18;1-14-13-16(3-4-17(14)19)24-15-5-7-21(8-6-15)18(23)22-11-9-20(2)10-12-22;1-16(17-6-4-3-5-7-17)20-12-14-22(15-13-20)18(23)21-10-8-19(2)9-11-21/h2-3,7-8H,1,4-6,9-16H2,(H,21,26);2-8H,9-17H2,1H3;3-4,13,15H,5-12H2,1-2H3;3-7,16H,8-15H2,1-2H3/b;8-5+;;. The molecular weight excluding hydrogens is 1260 g/mol. The highest BCUT2D eigenvalue weighted by Crippen LogP contribution is 2.30. The fraction of sp³-hybridized carbons (Fsp3) is 0.587. The summed E-state index contributed by atoms with van der Waals surface area (Å²) in [6, 6.07) is 35.2. The third-order valence-corrected chi connectivity index (χ3v) is 21.6. The van der Waals surface area contributed by atoms with Gasteiger partial charge in [0.25, 0.3) is 0 Å². The zero-order valence-electron chi connectivity index (χ0n) is 59.3. The number of nitrogens with one attached hydrogen (secondary N) is 1. The zero-order chi connectivity index (χ0) is 68.6. The molecule has 8 fully saturated rings. The second kappa shape index (κ2) is 37.9. The molecule has 0 spiro atoms. The van der Waals surface area contributed by atoms with E-state index in [-0.39, 0.29) is 36.0 Å². The lowest BCUT2D eigenvalue weighted by Gasteiger charge is -2.41. The molecule has 1 unspecified atom stereocenters. The molecule has 1 atom stereocenters. The van der Waals surface area contributed by atoms with Crippen LogP contribution in [0.4, 0.5) is 28.7 Å². The quantitative estimate of drug-likeness (QED) is 0.119. The summed E-state index contributed by atoms with van der Waals surface area (Å²) in [6.07, 6.45) is 11.2. The Bertz CT molecular complexity index is 3200. The molecule has 0 bridgehead atoms. The number of likely N-dealkylation sites (tertiary alicyclic amines) is 2. The van der Waals surface area contributed by atoms with Crippen LogP contribution >= 0.6 is 11.3 Å². The van der Waals surface area contributed by atoms with Crippen molar-refractivity contribution in [2.24, 2.45) is 0 Å². The topological polar surface area (TPSA) is 148 Å². The molecule has 23 heteroatoms. The van der Waals surface area contributed by atoms with Crippen molar-refractivity contribution in [3.63, 3.8) is 0 Å². The van der Waals surface area contributed by atoms with Gasteiger partial charge in [0.05, 0.1) is 10.2 Å². The Morgan fingerprint density at radius 3 is 1.58 bits per heavy atom. The van der Waals surface area contributed by atoms with Gasteiger partial charge in [-0.25, -0.2) is 28.6 Å². The predicted octanol–water partition coefficient (Wildman–Crippen LogP) is 8.77. The van der Waals surface area contributed by atoms with Gasteiger partial charge in [0.1, 0.15) is 17.7 Å². The molecule has 0 radical (unpaired) electrons. The molecule has 0 aliphatic carbocycles. The smallest absolute Gasteiger partial charge is 0.320 e. The lowest BCUT2D eigenvalue weighted by Crippen LogP contribution is -2.56. The van der Waals surface area contributed by atoms with Gasteiger partial charge in [-0.3, -0.25) is 9.80 Å². The number of hydrogen-bond acceptors (Lipinski definition) is 14. The predicted molar refractivity (Wildman–Crippen MR) is 393 cm³/mol. The Hall–Kier alpha value is -7.12. The van der Waals surface area contributed by atoms with Crippen LogP contribution in [0.3, 0.4) is 0 Å². The maximum absolute atomic E-state index is 13.3. The molecule has 21 nitrogen and oxygen atoms in total. The van der Waals surface area contributed by atoms with E-state index in [1.54, 1.807) is 30.4 Å². The Labute approximate surface area is 587 Å². The molecular formula is C75H111FN16O5S. The first-order valence-electron chi connectivity index (χ1n) is 36.4. The molecule has 8 aliphatic heterocycles. The molecule has 1 N–H and O–H groups in total. The van der Waals surface area contributed by atoms with Crippen molar-refractivity contribution in [2.45, 2.75) is 64.5 Å². The Kier molecular flexibility index (Phi) is 28.5. The summed E-state index contributed by atoms with van der Waals surface area (Å²) in [5.74, 6) is 0.493. The first kappa shape index (κ1) is 73.6. The Balaban J connectivity index is 0.000000142. The second-order valence-corrected chi connectivity index (χ2v) is 28.6. The monoisotopic (exact) mass is 1370 g/mol. The van der Waals surface area contributed by atoms with Gasteiger partial charge >= 0.3 is 24.1 Å². The second-order valence-electron chi connectivity index (χ2n) is 27.6. The number of rotatable bonds is 12. The van der Waals surface area contributed by atoms with Crippen LogP contribution in [0.2, 0.25) is 0 Å². The SMILES string of the molecule is CC(c1ccccc1)N1CCN(C(=O)N2CCN(C)CC2)CC1.CN1CCN(C(=O)N2CCN(C/C=C/c3ccccc3)CC2)CC1.Cc1cc(OC2CCN(C(=O)N3CCN(C)CC3)CC2)ccc1F.O=C(NCCCN1CCCCC1)N1CCN(c2nc3ccccc3s2)CC1. The van der Waals surface area contributed by atoms with Crippen LogP contribution in [0.5, 0.6) is 5.75 Å². The van der Waals surface area contributed by atoms with Gasteiger partial charge in [0.2, 0.25) is 0 Å². The number of carbonyl (C=O) groups excluding carboxylic acids is 4. The average molecular weight is 1370 g/mol. The number of benzene rings is 4. The molecule has 5 aromatic rings. The molecule has 8 aliphatic rings. The lowest BCUT2D eigenvalue weighted by molar-refractivity contribution is 0.0831. The summed E-state index contributed by atoms with van der Waals surface area (Å²) in [7, 11) is 6.32. The third kappa shape index (κ3) is 22.2. The number of hydrogen-bond donors (Lipinski definition) is 1. The third-order valence-electron chi connectivity index (χ3n) is 20.5. The highest BCUT2D eigenvalue weighted by Gasteiger charge is 2.32. The van der Waals surface area contributed by atoms with Crippen molar-refractivity contribution in [3.8, 4) is 5.75 Å². The van der Waals surface area contributed by atoms with Gasteiger partial charge in [-0.05, 0) is 121 Å². The van der Waals surface area contributed by atoms with E-state index < -0.39 is 0 Å². The molecule has 9 heterocycles. The number of para-hydroxylation sites is 1. The molecule has 534 valence electrons. The number of anilines is 1. The van der Waals surface area contributed by atoms with Crippen molar-refractivity contribution in [1.29, 1.82) is 0 Å².